The van der Waals surface area contributed by atoms with Crippen LogP contribution in [0.4, 0.5) is 28.0 Å². The largest absolute Gasteiger partial charge is 0.444 e. The average Bonchev–Trinajstić information content (AvgIpc) is 3.60. The number of benzene rings is 2. The predicted molar refractivity (Wildman–Crippen MR) is 139 cm³/mol. The van der Waals surface area contributed by atoms with Crippen molar-refractivity contribution in [3.63, 3.8) is 0 Å². The van der Waals surface area contributed by atoms with Gasteiger partial charge in [-0.3, -0.25) is 0 Å². The molecule has 2 aromatic carbocycles. The topological polar surface area (TPSA) is 102 Å². The summed E-state index contributed by atoms with van der Waals surface area (Å²) in [5.74, 6) is -2.20. The van der Waals surface area contributed by atoms with Crippen molar-refractivity contribution in [3.8, 4) is 22.7 Å². The molecule has 0 radical (unpaired) electrons. The lowest BCUT2D eigenvalue weighted by molar-refractivity contribution is 0.0240. The molecule has 1 fully saturated rings. The molecule has 3 heterocycles. The minimum atomic E-state index is -2.93. The number of hydrogen-bond acceptors (Lipinski definition) is 8. The first-order chi connectivity index (χ1) is 19.5. The van der Waals surface area contributed by atoms with Crippen LogP contribution in [0.5, 0.6) is 0 Å². The van der Waals surface area contributed by atoms with Crippen molar-refractivity contribution in [2.45, 2.75) is 39.3 Å². The number of amides is 1. The Kier molecular flexibility index (Phi) is 7.65. The van der Waals surface area contributed by atoms with Gasteiger partial charge in [-0.05, 0) is 45.0 Å². The van der Waals surface area contributed by atoms with Crippen LogP contribution in [0, 0.1) is 11.6 Å². The van der Waals surface area contributed by atoms with Crippen LogP contribution < -0.4 is 4.90 Å². The van der Waals surface area contributed by atoms with Gasteiger partial charge in [0, 0.05) is 42.9 Å². The van der Waals surface area contributed by atoms with E-state index >= 15 is 4.39 Å². The molecule has 0 N–H and O–H groups in total. The number of ether oxygens (including phenoxy) is 1. The molecule has 0 unspecified atom stereocenters. The van der Waals surface area contributed by atoms with E-state index in [2.05, 4.69) is 20.5 Å². The molecule has 41 heavy (non-hydrogen) atoms. The summed E-state index contributed by atoms with van der Waals surface area (Å²) in [5.41, 5.74) is 0.647. The average molecular weight is 574 g/mol. The number of rotatable bonds is 6. The highest BCUT2D eigenvalue weighted by atomic mass is 19.3. The molecule has 10 nitrogen and oxygen atoms in total. The summed E-state index contributed by atoms with van der Waals surface area (Å²) >= 11 is 0. The van der Waals surface area contributed by atoms with E-state index in [9.17, 15) is 18.0 Å². The van der Waals surface area contributed by atoms with E-state index < -0.39 is 35.6 Å². The summed E-state index contributed by atoms with van der Waals surface area (Å²) in [4.78, 5) is 15.8. The fraction of sp³-hybridized carbons (Fsp3) is 0.370. The summed E-state index contributed by atoms with van der Waals surface area (Å²) in [5, 5.41) is 14.8. The Bertz CT molecular complexity index is 1540. The van der Waals surface area contributed by atoms with Crippen LogP contribution in [-0.4, -0.2) is 68.0 Å². The fourth-order valence-electron chi connectivity index (χ4n) is 4.34. The Morgan fingerprint density at radius 2 is 1.80 bits per heavy atom. The van der Waals surface area contributed by atoms with Gasteiger partial charge in [0.05, 0.1) is 18.4 Å². The van der Waals surface area contributed by atoms with Gasteiger partial charge in [0.15, 0.2) is 5.82 Å². The zero-order chi connectivity index (χ0) is 29.3. The first-order valence-corrected chi connectivity index (χ1v) is 12.8. The highest BCUT2D eigenvalue weighted by Gasteiger charge is 2.27. The smallest absolute Gasteiger partial charge is 0.410 e. The normalized spacial score (nSPS) is 14.1. The second-order valence-electron chi connectivity index (χ2n) is 10.4. The number of halogens is 4. The number of carbonyl (C=O) groups excluding carboxylic acids is 1. The van der Waals surface area contributed by atoms with Gasteiger partial charge in [0.1, 0.15) is 17.1 Å². The summed E-state index contributed by atoms with van der Waals surface area (Å²) < 4.78 is 67.5. The maximum Gasteiger partial charge on any atom is 0.410 e. The Morgan fingerprint density at radius 1 is 1.05 bits per heavy atom. The maximum absolute atomic E-state index is 15.6. The number of piperazine rings is 1. The molecule has 2 aromatic heterocycles. The van der Waals surface area contributed by atoms with E-state index in [1.165, 1.54) is 23.0 Å². The number of alkyl halides is 2. The van der Waals surface area contributed by atoms with Gasteiger partial charge in [-0.2, -0.15) is 8.78 Å². The third kappa shape index (κ3) is 6.31. The second kappa shape index (κ2) is 11.2. The predicted octanol–water partition coefficient (Wildman–Crippen LogP) is 5.32. The molecule has 0 saturated carbocycles. The van der Waals surface area contributed by atoms with Crippen molar-refractivity contribution >= 4 is 11.8 Å². The number of aromatic nitrogens is 5. The monoisotopic (exact) mass is 573 g/mol. The number of hydrogen-bond donors (Lipinski definition) is 0. The van der Waals surface area contributed by atoms with Gasteiger partial charge in [-0.1, -0.05) is 17.3 Å². The zero-order valence-electron chi connectivity index (χ0n) is 22.5. The molecule has 1 amide bonds. The molecular weight excluding hydrogens is 546 g/mol. The van der Waals surface area contributed by atoms with Gasteiger partial charge in [0.2, 0.25) is 5.89 Å². The quantitative estimate of drug-likeness (QED) is 0.286. The van der Waals surface area contributed by atoms with Crippen LogP contribution in [0.25, 0.3) is 22.7 Å². The summed E-state index contributed by atoms with van der Waals surface area (Å²) in [6, 6.07) is 8.96. The minimum Gasteiger partial charge on any atom is -0.444 e. The van der Waals surface area contributed by atoms with Crippen LogP contribution in [0.3, 0.4) is 0 Å². The Balaban J connectivity index is 1.27. The van der Waals surface area contributed by atoms with Gasteiger partial charge in [0.25, 0.3) is 5.89 Å². The highest BCUT2D eigenvalue weighted by Crippen LogP contribution is 2.30. The Labute approximate surface area is 232 Å². The van der Waals surface area contributed by atoms with Gasteiger partial charge in [-0.15, -0.1) is 15.3 Å². The summed E-state index contributed by atoms with van der Waals surface area (Å²) in [7, 11) is 0. The molecule has 4 aromatic rings. The molecule has 1 aliphatic heterocycles. The molecule has 0 spiro atoms. The number of carbonyl (C=O) groups is 1. The standard InChI is InChI=1S/C27H27F4N7O3/c1-27(2,3)41-26(39)37-11-9-36(10-12-37)21-6-4-5-18(22(21)29)20-15-38(35-32-20)14-17-8-7-16(13-19(17)28)24-33-34-25(40-24)23(30)31/h4-8,13,15,23H,9-12,14H2,1-3H3. The van der Waals surface area contributed by atoms with E-state index in [1.807, 2.05) is 4.90 Å². The van der Waals surface area contributed by atoms with E-state index in [1.54, 1.807) is 43.9 Å². The third-order valence-corrected chi connectivity index (χ3v) is 6.32. The van der Waals surface area contributed by atoms with Crippen molar-refractivity contribution in [3.05, 3.63) is 65.7 Å². The van der Waals surface area contributed by atoms with Crippen LogP contribution in [0.2, 0.25) is 0 Å². The Morgan fingerprint density at radius 3 is 2.46 bits per heavy atom. The zero-order valence-corrected chi connectivity index (χ0v) is 22.5. The van der Waals surface area contributed by atoms with Crippen LogP contribution in [-0.2, 0) is 11.3 Å². The van der Waals surface area contributed by atoms with Gasteiger partial charge in [-0.25, -0.2) is 18.3 Å². The van der Waals surface area contributed by atoms with Crippen LogP contribution in [0.15, 0.2) is 47.0 Å². The van der Waals surface area contributed by atoms with Crippen molar-refractivity contribution in [1.29, 1.82) is 0 Å². The van der Waals surface area contributed by atoms with Crippen LogP contribution in [0.1, 0.15) is 38.7 Å². The van der Waals surface area contributed by atoms with Gasteiger partial charge >= 0.3 is 12.5 Å². The minimum absolute atomic E-state index is 0.0147. The summed E-state index contributed by atoms with van der Waals surface area (Å²) in [6.45, 7) is 7.02. The molecule has 0 aliphatic carbocycles. The fourth-order valence-corrected chi connectivity index (χ4v) is 4.34. The lowest BCUT2D eigenvalue weighted by atomic mass is 10.1. The Hall–Kier alpha value is -4.49. The van der Waals surface area contributed by atoms with Gasteiger partial charge < -0.3 is 19.0 Å². The SMILES string of the molecule is CC(C)(C)OC(=O)N1CCN(c2cccc(-c3cn(Cc4ccc(-c5nnc(C(F)F)o5)cc4F)nn3)c2F)CC1. The van der Waals surface area contributed by atoms with E-state index in [-0.39, 0.29) is 34.8 Å². The van der Waals surface area contributed by atoms with Crippen molar-refractivity contribution in [2.24, 2.45) is 0 Å². The third-order valence-electron chi connectivity index (χ3n) is 6.32. The molecule has 14 heteroatoms. The van der Waals surface area contributed by atoms with E-state index in [4.69, 9.17) is 9.15 Å². The molecular formula is C27H27F4N7O3. The lowest BCUT2D eigenvalue weighted by Crippen LogP contribution is -2.50. The first-order valence-electron chi connectivity index (χ1n) is 12.8. The highest BCUT2D eigenvalue weighted by molar-refractivity contribution is 5.70. The molecule has 0 bridgehead atoms. The maximum atomic E-state index is 15.6. The van der Waals surface area contributed by atoms with E-state index in [0.29, 0.717) is 31.9 Å². The second-order valence-corrected chi connectivity index (χ2v) is 10.4. The molecule has 216 valence electrons. The molecule has 1 saturated heterocycles. The molecule has 1 aliphatic rings. The first kappa shape index (κ1) is 28.1. The number of nitrogens with zero attached hydrogens (tertiary/aromatic N) is 7. The van der Waals surface area contributed by atoms with Crippen molar-refractivity contribution < 1.29 is 31.5 Å². The summed E-state index contributed by atoms with van der Waals surface area (Å²) in [6.07, 6.45) is -1.82. The molecule has 0 atom stereocenters. The lowest BCUT2D eigenvalue weighted by Gasteiger charge is -2.37. The van der Waals surface area contributed by atoms with E-state index in [0.717, 1.165) is 6.07 Å². The molecule has 5 rings (SSSR count). The number of anilines is 1. The van der Waals surface area contributed by atoms with Crippen molar-refractivity contribution in [2.75, 3.05) is 31.1 Å². The van der Waals surface area contributed by atoms with Crippen molar-refractivity contribution in [1.82, 2.24) is 30.1 Å². The van der Waals surface area contributed by atoms with Crippen LogP contribution >= 0.6 is 0 Å².